The Bertz CT molecular complexity index is 1050. The summed E-state index contributed by atoms with van der Waals surface area (Å²) in [4.78, 5) is 13.1. The zero-order valence-electron chi connectivity index (χ0n) is 19.5. The maximum atomic E-state index is 11.1. The van der Waals surface area contributed by atoms with E-state index in [2.05, 4.69) is 62.9 Å². The summed E-state index contributed by atoms with van der Waals surface area (Å²) in [6.45, 7) is 11.4. The fourth-order valence-corrected chi connectivity index (χ4v) is 4.44. The van der Waals surface area contributed by atoms with Crippen LogP contribution < -0.4 is 9.80 Å². The molecule has 7 nitrogen and oxygen atoms in total. The topological polar surface area (TPSA) is 78.3 Å². The van der Waals surface area contributed by atoms with E-state index in [1.54, 1.807) is 18.6 Å². The molecule has 168 valence electrons. The Labute approximate surface area is 190 Å². The van der Waals surface area contributed by atoms with Gasteiger partial charge in [0.05, 0.1) is 23.5 Å². The van der Waals surface area contributed by atoms with E-state index >= 15 is 0 Å². The largest absolute Gasteiger partial charge is 0.388 e. The molecule has 1 saturated heterocycles. The molecule has 3 heterocycles. The van der Waals surface area contributed by atoms with Crippen molar-refractivity contribution < 1.29 is 5.11 Å². The number of hydrogen-bond donors (Lipinski definition) is 1. The first-order valence-electron chi connectivity index (χ1n) is 11.1. The summed E-state index contributed by atoms with van der Waals surface area (Å²) in [6.07, 6.45) is 5.92. The van der Waals surface area contributed by atoms with Gasteiger partial charge >= 0.3 is 0 Å². The first-order valence-corrected chi connectivity index (χ1v) is 11.1. The van der Waals surface area contributed by atoms with E-state index < -0.39 is 5.60 Å². The van der Waals surface area contributed by atoms with E-state index in [-0.39, 0.29) is 12.1 Å². The molecule has 0 bridgehead atoms. The van der Waals surface area contributed by atoms with Crippen molar-refractivity contribution in [3.63, 3.8) is 0 Å². The van der Waals surface area contributed by atoms with Crippen LogP contribution in [0.1, 0.15) is 43.2 Å². The highest BCUT2D eigenvalue weighted by molar-refractivity contribution is 5.54. The van der Waals surface area contributed by atoms with Crippen molar-refractivity contribution >= 4 is 11.6 Å². The van der Waals surface area contributed by atoms with Gasteiger partial charge in [0.2, 0.25) is 0 Å². The van der Waals surface area contributed by atoms with Crippen molar-refractivity contribution in [1.82, 2.24) is 20.2 Å². The molecule has 0 amide bonds. The molecule has 1 aliphatic rings. The van der Waals surface area contributed by atoms with Gasteiger partial charge < -0.3 is 14.9 Å². The Kier molecular flexibility index (Phi) is 6.11. The lowest BCUT2D eigenvalue weighted by molar-refractivity contribution is 0.0453. The molecular weight excluding hydrogens is 400 g/mol. The third-order valence-electron chi connectivity index (χ3n) is 6.48. The van der Waals surface area contributed by atoms with Gasteiger partial charge in [0.1, 0.15) is 5.82 Å². The lowest BCUT2D eigenvalue weighted by atomic mass is 9.92. The van der Waals surface area contributed by atoms with Crippen LogP contribution in [0.2, 0.25) is 0 Å². The number of aliphatic hydroxyl groups is 1. The Balaban J connectivity index is 1.66. The normalized spacial score (nSPS) is 19.3. The maximum Gasteiger partial charge on any atom is 0.154 e. The van der Waals surface area contributed by atoms with Gasteiger partial charge in [-0.3, -0.25) is 4.98 Å². The molecule has 1 fully saturated rings. The second kappa shape index (κ2) is 8.82. The second-order valence-electron chi connectivity index (χ2n) is 9.27. The van der Waals surface area contributed by atoms with E-state index in [9.17, 15) is 5.11 Å². The minimum Gasteiger partial charge on any atom is -0.388 e. The van der Waals surface area contributed by atoms with Gasteiger partial charge in [-0.2, -0.15) is 5.10 Å². The van der Waals surface area contributed by atoms with Gasteiger partial charge in [0, 0.05) is 37.9 Å². The first-order chi connectivity index (χ1) is 15.3. The monoisotopic (exact) mass is 432 g/mol. The number of aromatic nitrogens is 4. The van der Waals surface area contributed by atoms with E-state index in [0.717, 1.165) is 34.9 Å². The molecule has 2 aromatic heterocycles. The highest BCUT2D eigenvalue weighted by Gasteiger charge is 2.41. The molecule has 1 aliphatic heterocycles. The standard InChI is InChI=1S/C25H32N6O/c1-17-15-31(22(25(4,5)32)16-30(17)23-14-26-11-12-27-23)24-19(3)18(2)21(28-29-24)13-20-9-7-6-8-10-20/h6-12,14,17,22,32H,13,15-16H2,1-5H3. The summed E-state index contributed by atoms with van der Waals surface area (Å²) in [5.41, 5.74) is 3.53. The molecule has 0 aliphatic carbocycles. The van der Waals surface area contributed by atoms with Crippen LogP contribution in [0.25, 0.3) is 0 Å². The highest BCUT2D eigenvalue weighted by Crippen LogP contribution is 2.32. The predicted molar refractivity (Wildman–Crippen MR) is 127 cm³/mol. The first kappa shape index (κ1) is 22.1. The smallest absolute Gasteiger partial charge is 0.154 e. The summed E-state index contributed by atoms with van der Waals surface area (Å²) >= 11 is 0. The van der Waals surface area contributed by atoms with E-state index in [4.69, 9.17) is 0 Å². The van der Waals surface area contributed by atoms with Crippen molar-refractivity contribution in [3.8, 4) is 0 Å². The number of hydrogen-bond acceptors (Lipinski definition) is 7. The Hall–Kier alpha value is -3.06. The number of benzene rings is 1. The van der Waals surface area contributed by atoms with Gasteiger partial charge in [-0.1, -0.05) is 30.3 Å². The minimum absolute atomic E-state index is 0.173. The van der Waals surface area contributed by atoms with E-state index in [1.165, 1.54) is 5.56 Å². The number of rotatable bonds is 5. The molecule has 1 N–H and O–H groups in total. The van der Waals surface area contributed by atoms with Crippen LogP contribution in [-0.4, -0.2) is 56.0 Å². The Morgan fingerprint density at radius 3 is 2.41 bits per heavy atom. The van der Waals surface area contributed by atoms with E-state index in [1.807, 2.05) is 32.0 Å². The number of nitrogens with zero attached hydrogens (tertiary/aromatic N) is 6. The molecule has 7 heteroatoms. The third kappa shape index (κ3) is 4.43. The fraction of sp³-hybridized carbons (Fsp3) is 0.440. The molecule has 2 atom stereocenters. The van der Waals surface area contributed by atoms with Crippen LogP contribution >= 0.6 is 0 Å². The van der Waals surface area contributed by atoms with Crippen LogP contribution in [0.4, 0.5) is 11.6 Å². The third-order valence-corrected chi connectivity index (χ3v) is 6.48. The number of piperazine rings is 1. The summed E-state index contributed by atoms with van der Waals surface area (Å²) < 4.78 is 0. The van der Waals surface area contributed by atoms with Gasteiger partial charge in [-0.25, -0.2) is 4.98 Å². The second-order valence-corrected chi connectivity index (χ2v) is 9.27. The Morgan fingerprint density at radius 2 is 1.75 bits per heavy atom. The summed E-state index contributed by atoms with van der Waals surface area (Å²) in [7, 11) is 0. The number of anilines is 2. The predicted octanol–water partition coefficient (Wildman–Crippen LogP) is 3.33. The van der Waals surface area contributed by atoms with Crippen LogP contribution in [-0.2, 0) is 6.42 Å². The van der Waals surface area contributed by atoms with Gasteiger partial charge in [-0.05, 0) is 51.3 Å². The zero-order chi connectivity index (χ0) is 22.9. The summed E-state index contributed by atoms with van der Waals surface area (Å²) in [5.74, 6) is 1.67. The lowest BCUT2D eigenvalue weighted by Crippen LogP contribution is -2.64. The van der Waals surface area contributed by atoms with Crippen molar-refractivity contribution in [1.29, 1.82) is 0 Å². The van der Waals surface area contributed by atoms with Crippen LogP contribution in [0.3, 0.4) is 0 Å². The molecule has 0 radical (unpaired) electrons. The van der Waals surface area contributed by atoms with Crippen molar-refractivity contribution in [2.45, 2.75) is 58.7 Å². The molecule has 0 saturated carbocycles. The van der Waals surface area contributed by atoms with Gasteiger partial charge in [-0.15, -0.1) is 5.10 Å². The summed E-state index contributed by atoms with van der Waals surface area (Å²) in [6, 6.07) is 10.3. The van der Waals surface area contributed by atoms with Crippen molar-refractivity contribution in [2.75, 3.05) is 22.9 Å². The van der Waals surface area contributed by atoms with Crippen molar-refractivity contribution in [2.24, 2.45) is 0 Å². The zero-order valence-corrected chi connectivity index (χ0v) is 19.5. The van der Waals surface area contributed by atoms with Crippen LogP contribution in [0.15, 0.2) is 48.9 Å². The summed E-state index contributed by atoms with van der Waals surface area (Å²) in [5, 5.41) is 20.4. The molecular formula is C25H32N6O. The molecule has 2 unspecified atom stereocenters. The molecule has 0 spiro atoms. The SMILES string of the molecule is Cc1c(Cc2ccccc2)nnc(N2CC(C)N(c3cnccn3)CC2C(C)(C)O)c1C. The fourth-order valence-electron chi connectivity index (χ4n) is 4.44. The maximum absolute atomic E-state index is 11.1. The Morgan fingerprint density at radius 1 is 1.00 bits per heavy atom. The van der Waals surface area contributed by atoms with Crippen molar-refractivity contribution in [3.05, 3.63) is 71.3 Å². The lowest BCUT2D eigenvalue weighted by Gasteiger charge is -2.50. The molecule has 3 aromatic rings. The van der Waals surface area contributed by atoms with E-state index in [0.29, 0.717) is 13.1 Å². The molecule has 4 rings (SSSR count). The average molecular weight is 433 g/mol. The van der Waals surface area contributed by atoms with Crippen LogP contribution in [0.5, 0.6) is 0 Å². The molecule has 32 heavy (non-hydrogen) atoms. The van der Waals surface area contributed by atoms with Crippen LogP contribution in [0, 0.1) is 13.8 Å². The van der Waals surface area contributed by atoms with Gasteiger partial charge in [0.15, 0.2) is 5.82 Å². The molecule has 1 aromatic carbocycles. The highest BCUT2D eigenvalue weighted by atomic mass is 16.3. The quantitative estimate of drug-likeness (QED) is 0.662. The minimum atomic E-state index is -0.939. The average Bonchev–Trinajstić information content (AvgIpc) is 2.77. The van der Waals surface area contributed by atoms with Gasteiger partial charge in [0.25, 0.3) is 0 Å².